The second-order valence-corrected chi connectivity index (χ2v) is 25.6. The number of nitrogens with one attached hydrogen (secondary N) is 9. The monoisotopic (exact) mass is 1300 g/mol. The lowest BCUT2D eigenvalue weighted by Gasteiger charge is -2.37. The molecule has 9 rings (SSSR count). The van der Waals surface area contributed by atoms with E-state index in [1.54, 1.807) is 55.3 Å². The summed E-state index contributed by atoms with van der Waals surface area (Å²) in [6.45, 7) is 1.99. The number of primary amides is 1. The van der Waals surface area contributed by atoms with E-state index < -0.39 is 101 Å². The molecule has 0 unspecified atom stereocenters. The van der Waals surface area contributed by atoms with Gasteiger partial charge in [-0.3, -0.25) is 38.4 Å². The predicted octanol–water partition coefficient (Wildman–Crippen LogP) is 5.17. The van der Waals surface area contributed by atoms with Crippen LogP contribution in [0.1, 0.15) is 89.2 Å². The van der Waals surface area contributed by atoms with Crippen LogP contribution >= 0.6 is 23.5 Å². The molecule has 5 aromatic carbocycles. The number of nitrogens with zero attached hydrogens (tertiary/aromatic N) is 1. The molecule has 14 N–H and O–H groups in total. The van der Waals surface area contributed by atoms with Gasteiger partial charge in [0.2, 0.25) is 41.4 Å². The fourth-order valence-electron chi connectivity index (χ4n) is 11.6. The highest BCUT2D eigenvalue weighted by molar-refractivity contribution is 7.98. The van der Waals surface area contributed by atoms with Crippen LogP contribution in [0.4, 0.5) is 8.78 Å². The molecule has 6 atom stereocenters. The molecule has 2 aliphatic rings. The average molecular weight is 1300 g/mol. The number of aromatic hydroxyl groups is 1. The van der Waals surface area contributed by atoms with Crippen molar-refractivity contribution < 1.29 is 52.2 Å². The summed E-state index contributed by atoms with van der Waals surface area (Å²) in [5, 5.41) is 31.2. The van der Waals surface area contributed by atoms with Gasteiger partial charge in [-0.1, -0.05) is 55.0 Å². The summed E-state index contributed by atoms with van der Waals surface area (Å²) in [6, 6.07) is 22.9. The summed E-state index contributed by atoms with van der Waals surface area (Å²) >= 11 is 3.14. The van der Waals surface area contributed by atoms with Crippen molar-refractivity contribution in [2.24, 2.45) is 11.5 Å². The van der Waals surface area contributed by atoms with Crippen molar-refractivity contribution in [1.82, 2.24) is 52.1 Å². The second-order valence-electron chi connectivity index (χ2n) is 23.5. The Morgan fingerprint density at radius 3 is 1.97 bits per heavy atom. The molecule has 25 heteroatoms. The van der Waals surface area contributed by atoms with Gasteiger partial charge in [-0.2, -0.15) is 23.5 Å². The van der Waals surface area contributed by atoms with Gasteiger partial charge < -0.3 is 68.7 Å². The predicted molar refractivity (Wildman–Crippen MR) is 351 cm³/mol. The number of carbonyl (C=O) groups is 8. The maximum Gasteiger partial charge on any atom is 0.251 e. The number of nitrogens with two attached hydrogens (primary N) is 2. The topological polar surface area (TPSA) is 328 Å². The standard InChI is InChI=1S/C67H78F2N12O9S2/c1-67-21-6-24-81(67)65(89)57(28-40-13-17-49(82)18-14-40)79-61(85)44-11-5-8-41(27-44)33-75-63(87)55(29-45-34-73-52-19-15-47(68)31-50(45)52)78-64(88)56(30-46-35-74-53-20-16-48(69)32-51(46)53)77-59(83)36-76-62(86)54(12-2-3-22-70)72-23-7-25-91-37-42-9-4-10-43(26-42)38-92-39-58(60(71)84)80-66(67)90/h4-5,8-11,13-20,26-27,31-32,34-35,54-58,72-74,82H,2-3,6-7,12,21-25,28-30,33,36-39,70H2,1H3,(H2,71,84)(H,75,87)(H,76,86)(H,77,83)(H,78,88)(H,79,85)(H,80,90)/t54-,55-,56-,57-,58-,67-/m0/s1. The number of rotatable bonds is 11. The van der Waals surface area contributed by atoms with Crippen LogP contribution in [0.2, 0.25) is 0 Å². The highest BCUT2D eigenvalue weighted by Crippen LogP contribution is 2.32. The van der Waals surface area contributed by atoms with Gasteiger partial charge in [-0.05, 0) is 152 Å². The molecule has 0 radical (unpaired) electrons. The van der Waals surface area contributed by atoms with Gasteiger partial charge in [0, 0.05) is 89.4 Å². The minimum atomic E-state index is -1.45. The van der Waals surface area contributed by atoms with Gasteiger partial charge in [0.1, 0.15) is 47.1 Å². The lowest BCUT2D eigenvalue weighted by atomic mass is 9.95. The third-order valence-electron chi connectivity index (χ3n) is 16.6. The molecule has 2 aliphatic heterocycles. The molecular weight excluding hydrogens is 1220 g/mol. The van der Waals surface area contributed by atoms with Crippen molar-refractivity contribution in [1.29, 1.82) is 0 Å². The van der Waals surface area contributed by atoms with Gasteiger partial charge in [0.25, 0.3) is 5.91 Å². The first kappa shape index (κ1) is 67.6. The number of phenols is 1. The van der Waals surface area contributed by atoms with E-state index in [0.717, 1.165) is 16.9 Å². The van der Waals surface area contributed by atoms with Gasteiger partial charge in [-0.25, -0.2) is 8.78 Å². The summed E-state index contributed by atoms with van der Waals surface area (Å²) in [5.74, 6) is -4.23. The number of aromatic amines is 2. The highest BCUT2D eigenvalue weighted by atomic mass is 32.2. The zero-order chi connectivity index (χ0) is 65.3. The number of aromatic nitrogens is 2. The Kier molecular flexibility index (Phi) is 23.5. The van der Waals surface area contributed by atoms with Crippen LogP contribution in [0.3, 0.4) is 0 Å². The van der Waals surface area contributed by atoms with Crippen LogP contribution in [0.5, 0.6) is 5.75 Å². The van der Waals surface area contributed by atoms with Crippen molar-refractivity contribution in [2.45, 2.75) is 119 Å². The largest absolute Gasteiger partial charge is 0.508 e. The number of thioether (sulfide) groups is 2. The van der Waals surface area contributed by atoms with E-state index >= 15 is 0 Å². The Bertz CT molecular complexity index is 3790. The maximum atomic E-state index is 14.9. The van der Waals surface area contributed by atoms with Crippen LogP contribution in [-0.2, 0) is 70.9 Å². The summed E-state index contributed by atoms with van der Waals surface area (Å²) in [7, 11) is 0. The number of phenolic OH excluding ortho intramolecular Hbond substituents is 1. The molecule has 1 fully saturated rings. The molecule has 8 amide bonds. The van der Waals surface area contributed by atoms with Crippen LogP contribution < -0.4 is 48.7 Å². The number of amides is 8. The SMILES string of the molecule is C[C@@]12CCCN1C(=O)[C@H](Cc1ccc(O)cc1)NC(=O)c1cccc(c1)CNC(=O)[C@H](Cc1c[nH]c3ccc(F)cc13)NC(=O)[C@H](Cc1c[nH]c3ccc(F)cc13)NC(=O)CNC(=O)[C@H](CCCCN)NCCCSCc1cccc(c1)CSC[C@@H](C(N)=O)NC2=O. The van der Waals surface area contributed by atoms with E-state index in [2.05, 4.69) is 53.3 Å². The zero-order valence-electron chi connectivity index (χ0n) is 51.0. The van der Waals surface area contributed by atoms with Crippen LogP contribution in [-0.4, -0.2) is 141 Å². The Morgan fingerprint density at radius 1 is 0.663 bits per heavy atom. The quantitative estimate of drug-likeness (QED) is 0.0745. The molecule has 4 heterocycles. The van der Waals surface area contributed by atoms with E-state index in [1.165, 1.54) is 77.3 Å². The van der Waals surface area contributed by atoms with E-state index in [4.69, 9.17) is 11.5 Å². The van der Waals surface area contributed by atoms with Crippen molar-refractivity contribution in [3.63, 3.8) is 0 Å². The molecule has 4 bridgehead atoms. The van der Waals surface area contributed by atoms with Crippen molar-refractivity contribution in [3.8, 4) is 5.75 Å². The number of benzene rings is 5. The summed E-state index contributed by atoms with van der Waals surface area (Å²) in [4.78, 5) is 122. The fourth-order valence-corrected chi connectivity index (χ4v) is 13.5. The molecule has 92 heavy (non-hydrogen) atoms. The first-order valence-corrected chi connectivity index (χ1v) is 33.1. The van der Waals surface area contributed by atoms with Gasteiger partial charge >= 0.3 is 0 Å². The number of H-pyrrole nitrogens is 2. The minimum absolute atomic E-state index is 0.0143. The van der Waals surface area contributed by atoms with E-state index in [-0.39, 0.29) is 55.8 Å². The smallest absolute Gasteiger partial charge is 0.251 e. The molecule has 1 saturated heterocycles. The Morgan fingerprint density at radius 2 is 1.29 bits per heavy atom. The van der Waals surface area contributed by atoms with Crippen molar-refractivity contribution in [3.05, 3.63) is 172 Å². The Balaban J connectivity index is 1.00. The Hall–Kier alpha value is -8.78. The lowest BCUT2D eigenvalue weighted by Crippen LogP contribution is -2.62. The molecule has 2 aromatic heterocycles. The van der Waals surface area contributed by atoms with E-state index in [1.807, 2.05) is 18.2 Å². The zero-order valence-corrected chi connectivity index (χ0v) is 52.7. The number of unbranched alkanes of at least 4 members (excludes halogenated alkanes) is 1. The number of hydrogen-bond acceptors (Lipinski definition) is 13. The molecule has 0 spiro atoms. The summed E-state index contributed by atoms with van der Waals surface area (Å²) in [5.41, 5.74) is 15.5. The van der Waals surface area contributed by atoms with Gasteiger partial charge in [0.15, 0.2) is 0 Å². The molecule has 486 valence electrons. The van der Waals surface area contributed by atoms with Crippen LogP contribution in [0, 0.1) is 11.6 Å². The van der Waals surface area contributed by atoms with E-state index in [9.17, 15) is 52.2 Å². The number of halogens is 2. The van der Waals surface area contributed by atoms with E-state index in [0.29, 0.717) is 101 Å². The van der Waals surface area contributed by atoms with Crippen molar-refractivity contribution in [2.75, 3.05) is 37.7 Å². The number of fused-ring (bicyclic) bond motifs is 7. The summed E-state index contributed by atoms with van der Waals surface area (Å²) in [6.07, 6.45) is 5.92. The third kappa shape index (κ3) is 18.0. The first-order chi connectivity index (χ1) is 44.3. The summed E-state index contributed by atoms with van der Waals surface area (Å²) < 4.78 is 29.6. The lowest BCUT2D eigenvalue weighted by molar-refractivity contribution is -0.146. The third-order valence-corrected chi connectivity index (χ3v) is 18.8. The van der Waals surface area contributed by atoms with Gasteiger partial charge in [0.05, 0.1) is 12.6 Å². The van der Waals surface area contributed by atoms with Crippen molar-refractivity contribution >= 4 is 92.6 Å². The highest BCUT2D eigenvalue weighted by Gasteiger charge is 2.48. The minimum Gasteiger partial charge on any atom is -0.508 e. The first-order valence-electron chi connectivity index (χ1n) is 30.8. The molecule has 21 nitrogen and oxygen atoms in total. The fraction of sp³-hybridized carbons (Fsp3) is 0.373. The molecule has 0 saturated carbocycles. The van der Waals surface area contributed by atoms with Crippen LogP contribution in [0.15, 0.2) is 122 Å². The second kappa shape index (κ2) is 32.0. The number of hydrogen-bond donors (Lipinski definition) is 12. The van der Waals surface area contributed by atoms with Crippen LogP contribution in [0.25, 0.3) is 21.8 Å². The molecule has 0 aliphatic carbocycles. The Labute approximate surface area is 539 Å². The number of carbonyl (C=O) groups excluding carboxylic acids is 8. The molecule has 7 aromatic rings. The maximum absolute atomic E-state index is 14.9. The molecular formula is C67H78F2N12O9S2. The average Bonchev–Trinajstić information content (AvgIpc) is 2.05. The normalized spacial score (nSPS) is 21.9. The van der Waals surface area contributed by atoms with Gasteiger partial charge in [-0.15, -0.1) is 0 Å².